The molecule has 0 radical (unpaired) electrons. The monoisotopic (exact) mass is 178 g/mol. The van der Waals surface area contributed by atoms with E-state index >= 15 is 0 Å². The predicted molar refractivity (Wildman–Crippen MR) is 55.5 cm³/mol. The summed E-state index contributed by atoms with van der Waals surface area (Å²) in [4.78, 5) is 0. The molecule has 1 heterocycles. The van der Waals surface area contributed by atoms with Gasteiger partial charge in [0.05, 0.1) is 0 Å². The lowest BCUT2D eigenvalue weighted by atomic mass is 10.2. The molecule has 0 unspecified atom stereocenters. The minimum Gasteiger partial charge on any atom is -0.202 e. The minimum atomic E-state index is 1.13. The summed E-state index contributed by atoms with van der Waals surface area (Å²) in [6, 6.07) is 6.45. The van der Waals surface area contributed by atoms with E-state index in [1.807, 2.05) is 0 Å². The summed E-state index contributed by atoms with van der Waals surface area (Å²) < 4.78 is 2.37. The van der Waals surface area contributed by atoms with Gasteiger partial charge >= 0.3 is 0 Å². The lowest BCUT2D eigenvalue weighted by molar-refractivity contribution is -0.704. The van der Waals surface area contributed by atoms with Crippen molar-refractivity contribution in [2.45, 2.75) is 46.1 Å². The number of aryl methyl sites for hydroxylation is 2. The molecule has 72 valence electrons. The summed E-state index contributed by atoms with van der Waals surface area (Å²) in [5, 5.41) is 0. The highest BCUT2D eigenvalue weighted by atomic mass is 14.9. The number of rotatable bonds is 5. The number of unbranched alkanes of at least 4 members (excludes halogenated alkanes) is 2. The molecule has 1 aromatic rings. The molecule has 0 saturated heterocycles. The maximum absolute atomic E-state index is 2.37. The minimum absolute atomic E-state index is 1.13. The SMILES string of the molecule is CCCCC[n+]1ccccc1CC. The van der Waals surface area contributed by atoms with Crippen LogP contribution in [0.4, 0.5) is 0 Å². The Morgan fingerprint density at radius 2 is 2.00 bits per heavy atom. The summed E-state index contributed by atoms with van der Waals surface area (Å²) in [6.07, 6.45) is 7.26. The fraction of sp³-hybridized carbons (Fsp3) is 0.583. The number of aromatic nitrogens is 1. The van der Waals surface area contributed by atoms with E-state index in [2.05, 4.69) is 42.8 Å². The van der Waals surface area contributed by atoms with E-state index < -0.39 is 0 Å². The Kier molecular flexibility index (Phi) is 4.52. The second-order valence-electron chi connectivity index (χ2n) is 3.45. The van der Waals surface area contributed by atoms with Gasteiger partial charge in [-0.05, 0) is 6.42 Å². The normalized spacial score (nSPS) is 10.3. The molecule has 0 spiro atoms. The zero-order valence-corrected chi connectivity index (χ0v) is 8.79. The number of hydrogen-bond donors (Lipinski definition) is 0. The second-order valence-corrected chi connectivity index (χ2v) is 3.45. The van der Waals surface area contributed by atoms with Gasteiger partial charge in [0.25, 0.3) is 0 Å². The highest BCUT2D eigenvalue weighted by Crippen LogP contribution is 1.96. The fourth-order valence-corrected chi connectivity index (χ4v) is 1.58. The van der Waals surface area contributed by atoms with Gasteiger partial charge < -0.3 is 0 Å². The fourth-order valence-electron chi connectivity index (χ4n) is 1.58. The molecule has 13 heavy (non-hydrogen) atoms. The maximum atomic E-state index is 2.37. The third kappa shape index (κ3) is 3.17. The number of pyridine rings is 1. The highest BCUT2D eigenvalue weighted by Gasteiger charge is 2.05. The second kappa shape index (κ2) is 5.74. The van der Waals surface area contributed by atoms with Gasteiger partial charge in [-0.15, -0.1) is 0 Å². The van der Waals surface area contributed by atoms with Gasteiger partial charge in [0, 0.05) is 25.0 Å². The highest BCUT2D eigenvalue weighted by molar-refractivity contribution is 4.96. The van der Waals surface area contributed by atoms with Gasteiger partial charge in [-0.25, -0.2) is 4.57 Å². The van der Waals surface area contributed by atoms with Gasteiger partial charge in [-0.3, -0.25) is 0 Å². The lowest BCUT2D eigenvalue weighted by Gasteiger charge is -2.00. The van der Waals surface area contributed by atoms with Crippen molar-refractivity contribution in [3.8, 4) is 0 Å². The molecule has 1 aromatic heterocycles. The molecule has 1 heteroatoms. The number of hydrogen-bond acceptors (Lipinski definition) is 0. The third-order valence-corrected chi connectivity index (χ3v) is 2.40. The molecule has 0 saturated carbocycles. The van der Waals surface area contributed by atoms with Crippen LogP contribution in [0.3, 0.4) is 0 Å². The molecule has 0 atom stereocenters. The topological polar surface area (TPSA) is 3.88 Å². The quantitative estimate of drug-likeness (QED) is 0.482. The average Bonchev–Trinajstić information content (AvgIpc) is 2.19. The molecule has 0 aromatic carbocycles. The first-order valence-electron chi connectivity index (χ1n) is 5.35. The number of nitrogens with zero attached hydrogens (tertiary/aromatic N) is 1. The lowest BCUT2D eigenvalue weighted by Crippen LogP contribution is -2.37. The summed E-state index contributed by atoms with van der Waals surface area (Å²) in [6.45, 7) is 5.64. The Bertz CT molecular complexity index is 243. The van der Waals surface area contributed by atoms with Crippen LogP contribution in [0, 0.1) is 0 Å². The van der Waals surface area contributed by atoms with Crippen LogP contribution < -0.4 is 4.57 Å². The molecule has 0 N–H and O–H groups in total. The first-order chi connectivity index (χ1) is 6.38. The Morgan fingerprint density at radius 3 is 2.69 bits per heavy atom. The van der Waals surface area contributed by atoms with Crippen molar-refractivity contribution in [3.05, 3.63) is 30.1 Å². The van der Waals surface area contributed by atoms with E-state index in [1.54, 1.807) is 0 Å². The average molecular weight is 178 g/mol. The van der Waals surface area contributed by atoms with Crippen molar-refractivity contribution in [1.82, 2.24) is 0 Å². The third-order valence-electron chi connectivity index (χ3n) is 2.40. The molecular formula is C12H20N+. The zero-order chi connectivity index (χ0) is 9.52. The van der Waals surface area contributed by atoms with Crippen LogP contribution in [0.2, 0.25) is 0 Å². The zero-order valence-electron chi connectivity index (χ0n) is 8.79. The largest absolute Gasteiger partial charge is 0.202 e. The van der Waals surface area contributed by atoms with Crippen molar-refractivity contribution in [2.75, 3.05) is 0 Å². The van der Waals surface area contributed by atoms with Crippen molar-refractivity contribution >= 4 is 0 Å². The van der Waals surface area contributed by atoms with Gasteiger partial charge in [-0.1, -0.05) is 26.3 Å². The first kappa shape index (κ1) is 10.2. The van der Waals surface area contributed by atoms with Gasteiger partial charge in [0.15, 0.2) is 11.9 Å². The summed E-state index contributed by atoms with van der Waals surface area (Å²) in [7, 11) is 0. The Hall–Kier alpha value is -0.850. The van der Waals surface area contributed by atoms with E-state index in [1.165, 1.54) is 31.5 Å². The van der Waals surface area contributed by atoms with E-state index in [0.717, 1.165) is 6.42 Å². The molecule has 0 bridgehead atoms. The van der Waals surface area contributed by atoms with Crippen molar-refractivity contribution in [2.24, 2.45) is 0 Å². The molecule has 0 aliphatic rings. The smallest absolute Gasteiger partial charge is 0.181 e. The Labute approximate surface area is 81.4 Å². The van der Waals surface area contributed by atoms with Crippen LogP contribution in [0.25, 0.3) is 0 Å². The molecule has 0 aliphatic heterocycles. The van der Waals surface area contributed by atoms with Crippen molar-refractivity contribution < 1.29 is 4.57 Å². The van der Waals surface area contributed by atoms with Crippen LogP contribution in [-0.2, 0) is 13.0 Å². The van der Waals surface area contributed by atoms with Crippen molar-refractivity contribution in [3.63, 3.8) is 0 Å². The Balaban J connectivity index is 2.54. The van der Waals surface area contributed by atoms with E-state index in [4.69, 9.17) is 0 Å². The van der Waals surface area contributed by atoms with Gasteiger partial charge in [0.2, 0.25) is 0 Å². The molecule has 0 amide bonds. The van der Waals surface area contributed by atoms with E-state index in [-0.39, 0.29) is 0 Å². The predicted octanol–water partition coefficient (Wildman–Crippen LogP) is 2.73. The van der Waals surface area contributed by atoms with Crippen LogP contribution in [-0.4, -0.2) is 0 Å². The first-order valence-corrected chi connectivity index (χ1v) is 5.35. The van der Waals surface area contributed by atoms with E-state index in [0.29, 0.717) is 0 Å². The summed E-state index contributed by atoms with van der Waals surface area (Å²) in [5.74, 6) is 0. The molecular weight excluding hydrogens is 158 g/mol. The Morgan fingerprint density at radius 1 is 1.15 bits per heavy atom. The van der Waals surface area contributed by atoms with Gasteiger partial charge in [0.1, 0.15) is 6.54 Å². The molecule has 1 rings (SSSR count). The summed E-state index contributed by atoms with van der Waals surface area (Å²) in [5.41, 5.74) is 1.44. The molecule has 1 nitrogen and oxygen atoms in total. The molecule has 0 aliphatic carbocycles. The maximum Gasteiger partial charge on any atom is 0.181 e. The van der Waals surface area contributed by atoms with E-state index in [9.17, 15) is 0 Å². The van der Waals surface area contributed by atoms with Crippen LogP contribution in [0.15, 0.2) is 24.4 Å². The van der Waals surface area contributed by atoms with Crippen LogP contribution >= 0.6 is 0 Å². The van der Waals surface area contributed by atoms with Crippen LogP contribution in [0.5, 0.6) is 0 Å². The van der Waals surface area contributed by atoms with Gasteiger partial charge in [-0.2, -0.15) is 0 Å². The van der Waals surface area contributed by atoms with Crippen LogP contribution in [0.1, 0.15) is 38.8 Å². The standard InChI is InChI=1S/C12H20N/c1-3-5-7-10-13-11-8-6-9-12(13)4-2/h6,8-9,11H,3-5,7,10H2,1-2H3/q+1. The molecule has 0 fully saturated rings. The summed E-state index contributed by atoms with van der Waals surface area (Å²) >= 11 is 0. The van der Waals surface area contributed by atoms with Crippen molar-refractivity contribution in [1.29, 1.82) is 0 Å².